The van der Waals surface area contributed by atoms with Crippen molar-refractivity contribution in [1.29, 1.82) is 0 Å². The van der Waals surface area contributed by atoms with Gasteiger partial charge in [-0.3, -0.25) is 4.90 Å². The van der Waals surface area contributed by atoms with Crippen LogP contribution in [0.1, 0.15) is 51.5 Å². The van der Waals surface area contributed by atoms with Crippen molar-refractivity contribution in [2.75, 3.05) is 26.3 Å². The lowest BCUT2D eigenvalue weighted by Gasteiger charge is -2.48. The molecule has 2 fully saturated rings. The molecule has 2 aliphatic rings. The van der Waals surface area contributed by atoms with Crippen molar-refractivity contribution in [2.45, 2.75) is 63.7 Å². The molecule has 140 valence electrons. The lowest BCUT2D eigenvalue weighted by atomic mass is 9.78. The number of hydrogen-bond acceptors (Lipinski definition) is 4. The first kappa shape index (κ1) is 19.0. The summed E-state index contributed by atoms with van der Waals surface area (Å²) < 4.78 is 11.7. The van der Waals surface area contributed by atoms with E-state index in [0.29, 0.717) is 18.2 Å². The standard InChI is InChI=1S/C20H30ClNO3/c1-3-11-24-18-5-4-16(13-17(18)21)14-22-9-6-20(7-10-22)15-19(2,23)8-12-25-20/h4-5,13,23H,3,6-12,14-15H2,1-2H3. The smallest absolute Gasteiger partial charge is 0.137 e. The third-order valence-corrected chi connectivity index (χ3v) is 5.68. The Balaban J connectivity index is 1.55. The van der Waals surface area contributed by atoms with E-state index in [-0.39, 0.29) is 5.60 Å². The molecule has 1 atom stereocenters. The molecule has 2 heterocycles. The zero-order valence-corrected chi connectivity index (χ0v) is 16.1. The molecular formula is C20H30ClNO3. The summed E-state index contributed by atoms with van der Waals surface area (Å²) in [6, 6.07) is 6.09. The van der Waals surface area contributed by atoms with Crippen molar-refractivity contribution in [3.8, 4) is 5.75 Å². The van der Waals surface area contributed by atoms with Gasteiger partial charge in [-0.25, -0.2) is 0 Å². The van der Waals surface area contributed by atoms with E-state index in [2.05, 4.69) is 17.9 Å². The molecule has 0 radical (unpaired) electrons. The number of likely N-dealkylation sites (tertiary alicyclic amines) is 1. The molecule has 4 nitrogen and oxygen atoms in total. The summed E-state index contributed by atoms with van der Waals surface area (Å²) in [7, 11) is 0. The maximum Gasteiger partial charge on any atom is 0.137 e. The van der Waals surface area contributed by atoms with Crippen molar-refractivity contribution in [1.82, 2.24) is 4.90 Å². The topological polar surface area (TPSA) is 41.9 Å². The largest absolute Gasteiger partial charge is 0.492 e. The van der Waals surface area contributed by atoms with Crippen LogP contribution in [0.25, 0.3) is 0 Å². The van der Waals surface area contributed by atoms with E-state index < -0.39 is 5.60 Å². The summed E-state index contributed by atoms with van der Waals surface area (Å²) in [6.07, 6.45) is 4.43. The van der Waals surface area contributed by atoms with Gasteiger partial charge in [0, 0.05) is 26.1 Å². The van der Waals surface area contributed by atoms with Crippen molar-refractivity contribution >= 4 is 11.6 Å². The summed E-state index contributed by atoms with van der Waals surface area (Å²) >= 11 is 6.34. The van der Waals surface area contributed by atoms with Crippen molar-refractivity contribution in [3.63, 3.8) is 0 Å². The second-order valence-electron chi connectivity index (χ2n) is 7.84. The fourth-order valence-corrected chi connectivity index (χ4v) is 4.25. The summed E-state index contributed by atoms with van der Waals surface area (Å²) in [5.74, 6) is 0.766. The SMILES string of the molecule is CCCOc1ccc(CN2CCC3(CC2)CC(C)(O)CCO3)cc1Cl. The van der Waals surface area contributed by atoms with Gasteiger partial charge in [0.05, 0.1) is 29.4 Å². The molecular weight excluding hydrogens is 338 g/mol. The monoisotopic (exact) mass is 367 g/mol. The average molecular weight is 368 g/mol. The van der Waals surface area contributed by atoms with Crippen LogP contribution in [0, 0.1) is 0 Å². The first-order valence-electron chi connectivity index (χ1n) is 9.41. The Morgan fingerprint density at radius 3 is 2.68 bits per heavy atom. The fraction of sp³-hybridized carbons (Fsp3) is 0.700. The van der Waals surface area contributed by atoms with Crippen molar-refractivity contribution in [3.05, 3.63) is 28.8 Å². The number of ether oxygens (including phenoxy) is 2. The van der Waals surface area contributed by atoms with E-state index in [1.807, 2.05) is 19.1 Å². The average Bonchev–Trinajstić information content (AvgIpc) is 2.55. The van der Waals surface area contributed by atoms with Crippen LogP contribution in [0.3, 0.4) is 0 Å². The Kier molecular flexibility index (Phi) is 5.94. The highest BCUT2D eigenvalue weighted by Gasteiger charge is 2.44. The number of piperidine rings is 1. The van der Waals surface area contributed by atoms with Gasteiger partial charge in [-0.15, -0.1) is 0 Å². The van der Waals surface area contributed by atoms with E-state index in [9.17, 15) is 5.11 Å². The first-order chi connectivity index (χ1) is 11.9. The van der Waals surface area contributed by atoms with Gasteiger partial charge in [0.1, 0.15) is 5.75 Å². The zero-order chi connectivity index (χ0) is 17.9. The number of benzene rings is 1. The van der Waals surface area contributed by atoms with Gasteiger partial charge in [-0.05, 0) is 50.3 Å². The third kappa shape index (κ3) is 4.88. The molecule has 2 aliphatic heterocycles. The van der Waals surface area contributed by atoms with Crippen LogP contribution in [-0.4, -0.2) is 47.5 Å². The van der Waals surface area contributed by atoms with Gasteiger partial charge < -0.3 is 14.6 Å². The van der Waals surface area contributed by atoms with E-state index in [1.165, 1.54) is 5.56 Å². The molecule has 0 aliphatic carbocycles. The van der Waals surface area contributed by atoms with E-state index in [1.54, 1.807) is 0 Å². The number of hydrogen-bond donors (Lipinski definition) is 1. The van der Waals surface area contributed by atoms with Crippen LogP contribution in [0.4, 0.5) is 0 Å². The molecule has 25 heavy (non-hydrogen) atoms. The van der Waals surface area contributed by atoms with Crippen LogP contribution >= 0.6 is 11.6 Å². The predicted octanol–water partition coefficient (Wildman–Crippen LogP) is 4.02. The van der Waals surface area contributed by atoms with Crippen molar-refractivity contribution < 1.29 is 14.6 Å². The molecule has 1 N–H and O–H groups in total. The minimum atomic E-state index is -0.581. The molecule has 1 aromatic carbocycles. The van der Waals surface area contributed by atoms with E-state index >= 15 is 0 Å². The van der Waals surface area contributed by atoms with Crippen LogP contribution in [-0.2, 0) is 11.3 Å². The van der Waals surface area contributed by atoms with E-state index in [0.717, 1.165) is 57.5 Å². The lowest BCUT2D eigenvalue weighted by Crippen LogP contribution is -2.53. The van der Waals surface area contributed by atoms with Gasteiger partial charge in [-0.1, -0.05) is 24.6 Å². The van der Waals surface area contributed by atoms with Crippen LogP contribution in [0.2, 0.25) is 5.02 Å². The summed E-state index contributed by atoms with van der Waals surface area (Å²) in [5, 5.41) is 11.1. The molecule has 1 unspecified atom stereocenters. The molecule has 5 heteroatoms. The molecule has 0 aromatic heterocycles. The quantitative estimate of drug-likeness (QED) is 0.853. The minimum absolute atomic E-state index is 0.131. The highest BCUT2D eigenvalue weighted by Crippen LogP contribution is 2.39. The Bertz CT molecular complexity index is 582. The molecule has 1 spiro atoms. The predicted molar refractivity (Wildman–Crippen MR) is 100 cm³/mol. The van der Waals surface area contributed by atoms with Gasteiger partial charge in [-0.2, -0.15) is 0 Å². The highest BCUT2D eigenvalue weighted by molar-refractivity contribution is 6.32. The molecule has 0 saturated carbocycles. The summed E-state index contributed by atoms with van der Waals surface area (Å²) in [6.45, 7) is 8.25. The molecule has 1 aromatic rings. The van der Waals surface area contributed by atoms with Gasteiger partial charge >= 0.3 is 0 Å². The maximum absolute atomic E-state index is 10.4. The molecule has 3 rings (SSSR count). The van der Waals surface area contributed by atoms with Gasteiger partial charge in [0.15, 0.2) is 0 Å². The number of halogens is 1. The summed E-state index contributed by atoms with van der Waals surface area (Å²) in [5.41, 5.74) is 0.497. The summed E-state index contributed by atoms with van der Waals surface area (Å²) in [4.78, 5) is 2.44. The minimum Gasteiger partial charge on any atom is -0.492 e. The Morgan fingerprint density at radius 2 is 2.04 bits per heavy atom. The van der Waals surface area contributed by atoms with Crippen LogP contribution < -0.4 is 4.74 Å². The van der Waals surface area contributed by atoms with Gasteiger partial charge in [0.2, 0.25) is 0 Å². The maximum atomic E-state index is 10.4. The number of nitrogens with zero attached hydrogens (tertiary/aromatic N) is 1. The molecule has 0 bridgehead atoms. The third-order valence-electron chi connectivity index (χ3n) is 5.38. The second-order valence-corrected chi connectivity index (χ2v) is 8.25. The number of rotatable bonds is 5. The number of aliphatic hydroxyl groups is 1. The van der Waals surface area contributed by atoms with Gasteiger partial charge in [0.25, 0.3) is 0 Å². The lowest BCUT2D eigenvalue weighted by molar-refractivity contribution is -0.173. The second kappa shape index (κ2) is 7.83. The Hall–Kier alpha value is -0.810. The van der Waals surface area contributed by atoms with Crippen LogP contribution in [0.5, 0.6) is 5.75 Å². The van der Waals surface area contributed by atoms with Crippen molar-refractivity contribution in [2.24, 2.45) is 0 Å². The Labute approximate surface area is 156 Å². The Morgan fingerprint density at radius 1 is 1.28 bits per heavy atom. The highest BCUT2D eigenvalue weighted by atomic mass is 35.5. The molecule has 0 amide bonds. The zero-order valence-electron chi connectivity index (χ0n) is 15.4. The normalized spacial score (nSPS) is 26.7. The van der Waals surface area contributed by atoms with E-state index in [4.69, 9.17) is 21.1 Å². The van der Waals surface area contributed by atoms with Crippen LogP contribution in [0.15, 0.2) is 18.2 Å². The fourth-order valence-electron chi connectivity index (χ4n) is 3.99. The molecule has 2 saturated heterocycles. The first-order valence-corrected chi connectivity index (χ1v) is 9.79.